The van der Waals surface area contributed by atoms with Crippen LogP contribution in [0.2, 0.25) is 0 Å². The Labute approximate surface area is 106 Å². The normalized spacial score (nSPS) is 13.2. The molecule has 2 N–H and O–H groups in total. The molecule has 0 spiro atoms. The zero-order valence-electron chi connectivity index (χ0n) is 9.87. The van der Waals surface area contributed by atoms with E-state index in [1.807, 2.05) is 0 Å². The average Bonchev–Trinajstić information content (AvgIpc) is 2.35. The van der Waals surface area contributed by atoms with E-state index < -0.39 is 22.1 Å². The second-order valence-electron chi connectivity index (χ2n) is 3.62. The van der Waals surface area contributed by atoms with Gasteiger partial charge in [0.15, 0.2) is 0 Å². The Hall–Kier alpha value is -1.44. The van der Waals surface area contributed by atoms with Crippen LogP contribution in [-0.4, -0.2) is 39.3 Å². The molecule has 1 aromatic rings. The smallest absolute Gasteiger partial charge is 0.306 e. The van der Waals surface area contributed by atoms with Crippen molar-refractivity contribution in [2.24, 2.45) is 0 Å². The quantitative estimate of drug-likeness (QED) is 0.752. The number of hydrogen-bond acceptors (Lipinski definition) is 4. The van der Waals surface area contributed by atoms with Crippen molar-refractivity contribution in [3.63, 3.8) is 0 Å². The van der Waals surface area contributed by atoms with E-state index in [2.05, 4.69) is 4.72 Å². The zero-order chi connectivity index (χ0) is 13.6. The largest absolute Gasteiger partial charge is 0.481 e. The monoisotopic (exact) mass is 273 g/mol. The number of ether oxygens (including phenoxy) is 1. The number of hydrogen-bond donors (Lipinski definition) is 2. The van der Waals surface area contributed by atoms with Crippen LogP contribution >= 0.6 is 0 Å². The lowest BCUT2D eigenvalue weighted by Gasteiger charge is -2.14. The Morgan fingerprint density at radius 3 is 2.50 bits per heavy atom. The van der Waals surface area contributed by atoms with Gasteiger partial charge < -0.3 is 9.84 Å². The summed E-state index contributed by atoms with van der Waals surface area (Å²) in [5, 5.41) is 8.60. The van der Waals surface area contributed by atoms with Crippen LogP contribution in [-0.2, 0) is 19.6 Å². The first-order chi connectivity index (χ1) is 8.45. The third-order valence-corrected chi connectivity index (χ3v) is 3.73. The van der Waals surface area contributed by atoms with E-state index in [-0.39, 0.29) is 17.9 Å². The molecule has 18 heavy (non-hydrogen) atoms. The van der Waals surface area contributed by atoms with Crippen molar-refractivity contribution in [2.75, 3.05) is 13.7 Å². The van der Waals surface area contributed by atoms with Crippen LogP contribution in [0.4, 0.5) is 0 Å². The molecule has 0 saturated carbocycles. The number of nitrogens with one attached hydrogen (secondary N) is 1. The topological polar surface area (TPSA) is 92.7 Å². The maximum absolute atomic E-state index is 11.8. The first-order valence-corrected chi connectivity index (χ1v) is 6.73. The van der Waals surface area contributed by atoms with E-state index in [4.69, 9.17) is 9.84 Å². The molecule has 1 unspecified atom stereocenters. The van der Waals surface area contributed by atoms with Crippen molar-refractivity contribution in [1.29, 1.82) is 0 Å². The van der Waals surface area contributed by atoms with Gasteiger partial charge in [0.1, 0.15) is 0 Å². The highest BCUT2D eigenvalue weighted by molar-refractivity contribution is 7.89. The predicted molar refractivity (Wildman–Crippen MR) is 64.7 cm³/mol. The van der Waals surface area contributed by atoms with E-state index in [1.54, 1.807) is 18.2 Å². The number of rotatable bonds is 7. The van der Waals surface area contributed by atoms with Crippen LogP contribution in [0.15, 0.2) is 35.2 Å². The standard InChI is InChI=1S/C11H15NO5S/c1-17-9(7-11(13)14)8-12-18(15,16)10-5-3-2-4-6-10/h2-6,9,12H,7-8H2,1H3,(H,13,14). The van der Waals surface area contributed by atoms with Crippen molar-refractivity contribution in [1.82, 2.24) is 4.72 Å². The van der Waals surface area contributed by atoms with E-state index in [0.717, 1.165) is 0 Å². The van der Waals surface area contributed by atoms with E-state index in [1.165, 1.54) is 19.2 Å². The fourth-order valence-electron chi connectivity index (χ4n) is 1.32. The third kappa shape index (κ3) is 4.44. The van der Waals surface area contributed by atoms with Gasteiger partial charge in [-0.15, -0.1) is 0 Å². The van der Waals surface area contributed by atoms with Gasteiger partial charge in [0, 0.05) is 13.7 Å². The second kappa shape index (κ2) is 6.48. The lowest BCUT2D eigenvalue weighted by molar-refractivity contribution is -0.139. The second-order valence-corrected chi connectivity index (χ2v) is 5.39. The molecule has 0 fully saturated rings. The SMILES string of the molecule is COC(CNS(=O)(=O)c1ccccc1)CC(=O)O. The van der Waals surface area contributed by atoms with E-state index in [9.17, 15) is 13.2 Å². The summed E-state index contributed by atoms with van der Waals surface area (Å²) in [6.45, 7) is -0.0833. The van der Waals surface area contributed by atoms with E-state index >= 15 is 0 Å². The van der Waals surface area contributed by atoms with Gasteiger partial charge in [0.05, 0.1) is 17.4 Å². The van der Waals surface area contributed by atoms with Crippen molar-refractivity contribution in [3.05, 3.63) is 30.3 Å². The van der Waals surface area contributed by atoms with Gasteiger partial charge in [-0.3, -0.25) is 4.79 Å². The molecule has 1 aromatic carbocycles. The minimum Gasteiger partial charge on any atom is -0.481 e. The van der Waals surface area contributed by atoms with Crippen LogP contribution in [0, 0.1) is 0 Å². The summed E-state index contributed by atoms with van der Waals surface area (Å²) < 4.78 is 30.8. The number of sulfonamides is 1. The Morgan fingerprint density at radius 2 is 2.00 bits per heavy atom. The molecule has 0 aliphatic carbocycles. The maximum atomic E-state index is 11.8. The molecular formula is C11H15NO5S. The molecule has 6 nitrogen and oxygen atoms in total. The first-order valence-electron chi connectivity index (χ1n) is 5.25. The van der Waals surface area contributed by atoms with Crippen LogP contribution in [0.1, 0.15) is 6.42 Å². The lowest BCUT2D eigenvalue weighted by Crippen LogP contribution is -2.34. The molecule has 0 aliphatic heterocycles. The third-order valence-electron chi connectivity index (χ3n) is 2.29. The molecule has 0 aromatic heterocycles. The molecule has 1 rings (SSSR count). The molecule has 0 bridgehead atoms. The van der Waals surface area contributed by atoms with Gasteiger partial charge in [-0.05, 0) is 12.1 Å². The van der Waals surface area contributed by atoms with Crippen LogP contribution in [0.25, 0.3) is 0 Å². The summed E-state index contributed by atoms with van der Waals surface area (Å²) in [5.41, 5.74) is 0. The summed E-state index contributed by atoms with van der Waals surface area (Å²) in [4.78, 5) is 10.6. The minimum absolute atomic E-state index is 0.0833. The molecular weight excluding hydrogens is 258 g/mol. The van der Waals surface area contributed by atoms with Gasteiger partial charge in [0.25, 0.3) is 0 Å². The van der Waals surface area contributed by atoms with Crippen LogP contribution in [0.3, 0.4) is 0 Å². The fourth-order valence-corrected chi connectivity index (χ4v) is 2.41. The van der Waals surface area contributed by atoms with Gasteiger partial charge in [-0.25, -0.2) is 13.1 Å². The highest BCUT2D eigenvalue weighted by Gasteiger charge is 2.18. The van der Waals surface area contributed by atoms with E-state index in [0.29, 0.717) is 0 Å². The number of carbonyl (C=O) groups is 1. The molecule has 0 heterocycles. The molecule has 1 atom stereocenters. The Balaban J connectivity index is 2.64. The Bertz CT molecular complexity index is 485. The summed E-state index contributed by atoms with van der Waals surface area (Å²) in [5.74, 6) is -1.04. The average molecular weight is 273 g/mol. The molecule has 0 amide bonds. The summed E-state index contributed by atoms with van der Waals surface area (Å²) >= 11 is 0. The predicted octanol–water partition coefficient (Wildman–Crippen LogP) is 0.455. The number of aliphatic carboxylic acids is 1. The minimum atomic E-state index is -3.62. The number of benzene rings is 1. The molecule has 0 radical (unpaired) electrons. The lowest BCUT2D eigenvalue weighted by atomic mass is 10.2. The number of carboxylic acid groups (broad SMARTS) is 1. The molecule has 7 heteroatoms. The molecule has 100 valence electrons. The zero-order valence-corrected chi connectivity index (χ0v) is 10.7. The van der Waals surface area contributed by atoms with Gasteiger partial charge in [-0.1, -0.05) is 18.2 Å². The summed E-state index contributed by atoms with van der Waals surface area (Å²) in [6, 6.07) is 7.85. The van der Waals surface area contributed by atoms with Crippen LogP contribution < -0.4 is 4.72 Å². The van der Waals surface area contributed by atoms with Crippen molar-refractivity contribution < 1.29 is 23.1 Å². The van der Waals surface area contributed by atoms with Crippen molar-refractivity contribution in [2.45, 2.75) is 17.4 Å². The van der Waals surface area contributed by atoms with Crippen molar-refractivity contribution in [3.8, 4) is 0 Å². The Morgan fingerprint density at radius 1 is 1.39 bits per heavy atom. The first kappa shape index (κ1) is 14.6. The fraction of sp³-hybridized carbons (Fsp3) is 0.364. The Kier molecular flexibility index (Phi) is 5.26. The summed E-state index contributed by atoms with van der Waals surface area (Å²) in [6.07, 6.45) is -0.950. The molecule has 0 saturated heterocycles. The number of carboxylic acids is 1. The van der Waals surface area contributed by atoms with Gasteiger partial charge >= 0.3 is 5.97 Å². The van der Waals surface area contributed by atoms with Crippen LogP contribution in [0.5, 0.6) is 0 Å². The van der Waals surface area contributed by atoms with Crippen molar-refractivity contribution >= 4 is 16.0 Å². The highest BCUT2D eigenvalue weighted by Crippen LogP contribution is 2.07. The van der Waals surface area contributed by atoms with Gasteiger partial charge in [-0.2, -0.15) is 0 Å². The molecule has 0 aliphatic rings. The van der Waals surface area contributed by atoms with Gasteiger partial charge in [0.2, 0.25) is 10.0 Å². The maximum Gasteiger partial charge on any atom is 0.306 e. The summed E-state index contributed by atoms with van der Waals surface area (Å²) in [7, 11) is -2.29. The number of methoxy groups -OCH3 is 1. The highest BCUT2D eigenvalue weighted by atomic mass is 32.2.